The van der Waals surface area contributed by atoms with E-state index in [1.54, 1.807) is 25.7 Å². The SMILES string of the molecule is COCc1nsc(N(C)C2CN(c3cnccn3)C2)n1. The van der Waals surface area contributed by atoms with E-state index in [0.29, 0.717) is 12.6 Å². The van der Waals surface area contributed by atoms with Crippen molar-refractivity contribution in [2.45, 2.75) is 12.6 Å². The molecule has 1 fully saturated rings. The third-order valence-corrected chi connectivity index (χ3v) is 4.16. The van der Waals surface area contributed by atoms with E-state index in [0.717, 1.165) is 29.9 Å². The van der Waals surface area contributed by atoms with Gasteiger partial charge in [0.15, 0.2) is 5.82 Å². The summed E-state index contributed by atoms with van der Waals surface area (Å²) >= 11 is 1.41. The first-order chi connectivity index (χ1) is 9.78. The molecular weight excluding hydrogens is 276 g/mol. The molecule has 0 N–H and O–H groups in total. The molecule has 1 saturated heterocycles. The summed E-state index contributed by atoms with van der Waals surface area (Å²) in [6.45, 7) is 2.31. The molecule has 8 heteroatoms. The van der Waals surface area contributed by atoms with Crippen LogP contribution in [0.4, 0.5) is 10.9 Å². The van der Waals surface area contributed by atoms with Gasteiger partial charge in [-0.15, -0.1) is 0 Å². The van der Waals surface area contributed by atoms with Crippen molar-refractivity contribution in [1.29, 1.82) is 0 Å². The molecule has 0 saturated carbocycles. The summed E-state index contributed by atoms with van der Waals surface area (Å²) in [4.78, 5) is 17.2. The van der Waals surface area contributed by atoms with Crippen LogP contribution in [0.1, 0.15) is 5.82 Å². The lowest BCUT2D eigenvalue weighted by atomic mass is 10.1. The third-order valence-electron chi connectivity index (χ3n) is 3.32. The summed E-state index contributed by atoms with van der Waals surface area (Å²) in [6.07, 6.45) is 5.19. The number of ether oxygens (including phenoxy) is 1. The zero-order valence-electron chi connectivity index (χ0n) is 11.4. The fourth-order valence-corrected chi connectivity index (χ4v) is 2.78. The van der Waals surface area contributed by atoms with Gasteiger partial charge in [0, 0.05) is 51.2 Å². The fraction of sp³-hybridized carbons (Fsp3) is 0.500. The lowest BCUT2D eigenvalue weighted by molar-refractivity contribution is 0.179. The Bertz CT molecular complexity index is 556. The molecule has 0 atom stereocenters. The number of methoxy groups -OCH3 is 1. The molecule has 0 aromatic carbocycles. The highest BCUT2D eigenvalue weighted by atomic mass is 32.1. The summed E-state index contributed by atoms with van der Waals surface area (Å²) < 4.78 is 9.31. The summed E-state index contributed by atoms with van der Waals surface area (Å²) in [6, 6.07) is 0.431. The molecule has 7 nitrogen and oxygen atoms in total. The van der Waals surface area contributed by atoms with Gasteiger partial charge in [0.25, 0.3) is 0 Å². The van der Waals surface area contributed by atoms with E-state index < -0.39 is 0 Å². The van der Waals surface area contributed by atoms with Gasteiger partial charge in [0.05, 0.1) is 12.2 Å². The molecule has 2 aromatic rings. The minimum Gasteiger partial charge on any atom is -0.377 e. The molecule has 0 radical (unpaired) electrons. The van der Waals surface area contributed by atoms with Crippen molar-refractivity contribution in [3.8, 4) is 0 Å². The van der Waals surface area contributed by atoms with E-state index in [1.165, 1.54) is 11.5 Å². The highest BCUT2D eigenvalue weighted by molar-refractivity contribution is 7.09. The van der Waals surface area contributed by atoms with Gasteiger partial charge in [0.2, 0.25) is 5.13 Å². The van der Waals surface area contributed by atoms with Gasteiger partial charge in [-0.1, -0.05) is 0 Å². The van der Waals surface area contributed by atoms with Crippen molar-refractivity contribution < 1.29 is 4.74 Å². The highest BCUT2D eigenvalue weighted by Gasteiger charge is 2.32. The maximum atomic E-state index is 5.04. The number of hydrogen-bond acceptors (Lipinski definition) is 8. The first-order valence-electron chi connectivity index (χ1n) is 6.33. The fourth-order valence-electron chi connectivity index (χ4n) is 2.07. The van der Waals surface area contributed by atoms with Crippen molar-refractivity contribution in [2.75, 3.05) is 37.0 Å². The van der Waals surface area contributed by atoms with Gasteiger partial charge in [-0.25, -0.2) is 9.97 Å². The molecule has 106 valence electrons. The van der Waals surface area contributed by atoms with Crippen molar-refractivity contribution in [3.63, 3.8) is 0 Å². The maximum Gasteiger partial charge on any atom is 0.205 e. The molecule has 3 rings (SSSR count). The van der Waals surface area contributed by atoms with Gasteiger partial charge in [-0.3, -0.25) is 4.98 Å². The molecule has 2 aromatic heterocycles. The van der Waals surface area contributed by atoms with Crippen molar-refractivity contribution in [2.24, 2.45) is 0 Å². The Morgan fingerprint density at radius 1 is 1.45 bits per heavy atom. The molecule has 3 heterocycles. The maximum absolute atomic E-state index is 5.04. The van der Waals surface area contributed by atoms with Crippen molar-refractivity contribution >= 4 is 22.5 Å². The van der Waals surface area contributed by atoms with E-state index >= 15 is 0 Å². The number of aromatic nitrogens is 4. The van der Waals surface area contributed by atoms with E-state index in [2.05, 4.69) is 36.2 Å². The molecule has 0 aliphatic carbocycles. The first kappa shape index (κ1) is 13.2. The average Bonchev–Trinajstić information content (AvgIpc) is 2.87. The van der Waals surface area contributed by atoms with Crippen LogP contribution in [0.15, 0.2) is 18.6 Å². The number of nitrogens with zero attached hydrogens (tertiary/aromatic N) is 6. The second kappa shape index (κ2) is 5.68. The van der Waals surface area contributed by atoms with Gasteiger partial charge >= 0.3 is 0 Å². The van der Waals surface area contributed by atoms with E-state index in [4.69, 9.17) is 4.74 Å². The zero-order chi connectivity index (χ0) is 13.9. The van der Waals surface area contributed by atoms with E-state index in [-0.39, 0.29) is 0 Å². The average molecular weight is 292 g/mol. The third kappa shape index (κ3) is 2.56. The van der Waals surface area contributed by atoms with Crippen LogP contribution in [-0.4, -0.2) is 52.6 Å². The van der Waals surface area contributed by atoms with Crippen LogP contribution in [-0.2, 0) is 11.3 Å². The Hall–Kier alpha value is -1.80. The van der Waals surface area contributed by atoms with Crippen LogP contribution >= 0.6 is 11.5 Å². The van der Waals surface area contributed by atoms with E-state index in [9.17, 15) is 0 Å². The first-order valence-corrected chi connectivity index (χ1v) is 7.10. The molecule has 0 bridgehead atoms. The molecule has 0 spiro atoms. The molecular formula is C12H16N6OS. The summed E-state index contributed by atoms with van der Waals surface area (Å²) in [5, 5.41) is 0.931. The number of likely N-dealkylation sites (N-methyl/N-ethyl adjacent to an activating group) is 1. The Morgan fingerprint density at radius 2 is 2.30 bits per heavy atom. The normalized spacial score (nSPS) is 15.2. The lowest BCUT2D eigenvalue weighted by Crippen LogP contribution is -2.59. The predicted molar refractivity (Wildman–Crippen MR) is 77.1 cm³/mol. The van der Waals surface area contributed by atoms with E-state index in [1.807, 2.05) is 0 Å². The molecule has 20 heavy (non-hydrogen) atoms. The Kier molecular flexibility index (Phi) is 3.75. The van der Waals surface area contributed by atoms with Crippen LogP contribution in [0, 0.1) is 0 Å². The smallest absolute Gasteiger partial charge is 0.205 e. The van der Waals surface area contributed by atoms with Crippen LogP contribution in [0.2, 0.25) is 0 Å². The van der Waals surface area contributed by atoms with Crippen molar-refractivity contribution in [3.05, 3.63) is 24.4 Å². The predicted octanol–water partition coefficient (Wildman–Crippen LogP) is 0.799. The van der Waals surface area contributed by atoms with Crippen LogP contribution < -0.4 is 9.80 Å². The summed E-state index contributed by atoms with van der Waals surface area (Å²) in [7, 11) is 3.70. The minimum atomic E-state index is 0.431. The second-order valence-electron chi connectivity index (χ2n) is 4.66. The summed E-state index contributed by atoms with van der Waals surface area (Å²) in [5.41, 5.74) is 0. The molecule has 0 amide bonds. The minimum absolute atomic E-state index is 0.431. The summed E-state index contributed by atoms with van der Waals surface area (Å²) in [5.74, 6) is 1.67. The highest BCUT2D eigenvalue weighted by Crippen LogP contribution is 2.25. The Labute approximate surface area is 121 Å². The topological polar surface area (TPSA) is 67.3 Å². The zero-order valence-corrected chi connectivity index (χ0v) is 12.2. The molecule has 1 aliphatic heterocycles. The Morgan fingerprint density at radius 3 is 3.00 bits per heavy atom. The largest absolute Gasteiger partial charge is 0.377 e. The van der Waals surface area contributed by atoms with Gasteiger partial charge in [0.1, 0.15) is 12.4 Å². The Balaban J connectivity index is 1.58. The van der Waals surface area contributed by atoms with Crippen LogP contribution in [0.25, 0.3) is 0 Å². The quantitative estimate of drug-likeness (QED) is 0.807. The van der Waals surface area contributed by atoms with Gasteiger partial charge < -0.3 is 14.5 Å². The second-order valence-corrected chi connectivity index (χ2v) is 5.39. The molecule has 1 aliphatic rings. The van der Waals surface area contributed by atoms with Crippen LogP contribution in [0.3, 0.4) is 0 Å². The van der Waals surface area contributed by atoms with Gasteiger partial charge in [-0.2, -0.15) is 4.37 Å². The van der Waals surface area contributed by atoms with Crippen LogP contribution in [0.5, 0.6) is 0 Å². The monoisotopic (exact) mass is 292 g/mol. The number of anilines is 2. The standard InChI is InChI=1S/C12H16N6OS/c1-17(12-15-10(8-19-2)16-20-12)9-6-18(7-9)11-5-13-3-4-14-11/h3-5,9H,6-8H2,1-2H3. The molecule has 0 unspecified atom stereocenters. The number of hydrogen-bond donors (Lipinski definition) is 0. The lowest BCUT2D eigenvalue weighted by Gasteiger charge is -2.44. The van der Waals surface area contributed by atoms with Gasteiger partial charge in [-0.05, 0) is 0 Å². The number of rotatable bonds is 5. The van der Waals surface area contributed by atoms with Crippen molar-refractivity contribution in [1.82, 2.24) is 19.3 Å².